The van der Waals surface area contributed by atoms with Gasteiger partial charge < -0.3 is 4.90 Å². The van der Waals surface area contributed by atoms with E-state index in [0.717, 1.165) is 0 Å². The van der Waals surface area contributed by atoms with Crippen molar-refractivity contribution in [1.29, 1.82) is 0 Å². The van der Waals surface area contributed by atoms with E-state index in [4.69, 9.17) is 23.2 Å². The van der Waals surface area contributed by atoms with Gasteiger partial charge in [0.25, 0.3) is 5.69 Å². The zero-order valence-electron chi connectivity index (χ0n) is 13.4. The molecule has 0 bridgehead atoms. The van der Waals surface area contributed by atoms with E-state index in [0.29, 0.717) is 18.9 Å². The minimum atomic E-state index is -3.81. The van der Waals surface area contributed by atoms with Crippen molar-refractivity contribution in [1.82, 2.24) is 9.29 Å². The fraction of sp³-hybridized carbons (Fsp3) is 0.267. The Bertz CT molecular complexity index is 909. The van der Waals surface area contributed by atoms with Gasteiger partial charge in [0, 0.05) is 32.2 Å². The molecule has 1 aliphatic heterocycles. The molecule has 1 aromatic carbocycles. The molecule has 11 heteroatoms. The van der Waals surface area contributed by atoms with Crippen molar-refractivity contribution in [2.24, 2.45) is 0 Å². The fourth-order valence-corrected chi connectivity index (χ4v) is 5.20. The topological polar surface area (TPSA) is 96.6 Å². The fourth-order valence-electron chi connectivity index (χ4n) is 2.69. The predicted octanol–water partition coefficient (Wildman–Crippen LogP) is 2.81. The summed E-state index contributed by atoms with van der Waals surface area (Å²) in [6, 6.07) is 7.47. The number of benzene rings is 1. The van der Waals surface area contributed by atoms with Gasteiger partial charge in [-0.3, -0.25) is 10.1 Å². The summed E-state index contributed by atoms with van der Waals surface area (Å²) >= 11 is 12.1. The van der Waals surface area contributed by atoms with Gasteiger partial charge in [-0.05, 0) is 18.2 Å². The Kier molecular flexibility index (Phi) is 5.33. The van der Waals surface area contributed by atoms with Crippen molar-refractivity contribution < 1.29 is 13.3 Å². The average Bonchev–Trinajstić information content (AvgIpc) is 2.61. The Balaban J connectivity index is 1.75. The first-order chi connectivity index (χ1) is 12.3. The van der Waals surface area contributed by atoms with Crippen LogP contribution in [0, 0.1) is 10.1 Å². The lowest BCUT2D eigenvalue weighted by Gasteiger charge is -2.34. The number of rotatable bonds is 4. The van der Waals surface area contributed by atoms with Crippen LogP contribution in [-0.4, -0.2) is 48.8 Å². The highest BCUT2D eigenvalue weighted by atomic mass is 35.5. The van der Waals surface area contributed by atoms with E-state index in [-0.39, 0.29) is 33.7 Å². The molecule has 0 radical (unpaired) electrons. The third kappa shape index (κ3) is 3.61. The summed E-state index contributed by atoms with van der Waals surface area (Å²) in [5, 5.41) is 10.8. The number of nitro groups is 1. The summed E-state index contributed by atoms with van der Waals surface area (Å²) in [5.41, 5.74) is -0.0941. The quantitative estimate of drug-likeness (QED) is 0.561. The van der Waals surface area contributed by atoms with Gasteiger partial charge in [-0.25, -0.2) is 13.4 Å². The number of aromatic nitrogens is 1. The van der Waals surface area contributed by atoms with Crippen molar-refractivity contribution >= 4 is 44.7 Å². The number of hydrogen-bond acceptors (Lipinski definition) is 6. The highest BCUT2D eigenvalue weighted by Crippen LogP contribution is 2.32. The summed E-state index contributed by atoms with van der Waals surface area (Å²) in [5.74, 6) is 0.559. The van der Waals surface area contributed by atoms with Crippen LogP contribution in [0.25, 0.3) is 0 Å². The second kappa shape index (κ2) is 7.36. The first-order valence-electron chi connectivity index (χ1n) is 7.60. The molecule has 0 atom stereocenters. The normalized spacial score (nSPS) is 15.8. The summed E-state index contributed by atoms with van der Waals surface area (Å²) in [7, 11) is -3.81. The lowest BCUT2D eigenvalue weighted by molar-refractivity contribution is -0.385. The average molecular weight is 417 g/mol. The van der Waals surface area contributed by atoms with Crippen molar-refractivity contribution in [3.63, 3.8) is 0 Å². The molecule has 3 rings (SSSR count). The van der Waals surface area contributed by atoms with E-state index >= 15 is 0 Å². The van der Waals surface area contributed by atoms with E-state index in [2.05, 4.69) is 4.98 Å². The lowest BCUT2D eigenvalue weighted by Crippen LogP contribution is -2.49. The Morgan fingerprint density at radius 3 is 2.15 bits per heavy atom. The lowest BCUT2D eigenvalue weighted by atomic mass is 10.3. The smallest absolute Gasteiger partial charge is 0.287 e. The molecule has 0 saturated carbocycles. The molecule has 1 fully saturated rings. The molecule has 0 spiro atoms. The molecule has 26 heavy (non-hydrogen) atoms. The molecule has 0 N–H and O–H groups in total. The van der Waals surface area contributed by atoms with Crippen LogP contribution in [0.15, 0.2) is 41.4 Å². The number of nitrogens with zero attached hydrogens (tertiary/aromatic N) is 4. The number of hydrogen-bond donors (Lipinski definition) is 0. The molecule has 1 aromatic heterocycles. The summed E-state index contributed by atoms with van der Waals surface area (Å²) in [6.07, 6.45) is 1.18. The maximum absolute atomic E-state index is 12.8. The number of halogens is 2. The minimum absolute atomic E-state index is 0.0805. The van der Waals surface area contributed by atoms with Gasteiger partial charge in [0.05, 0.1) is 15.0 Å². The first kappa shape index (κ1) is 18.8. The summed E-state index contributed by atoms with van der Waals surface area (Å²) in [4.78, 5) is 16.0. The zero-order valence-corrected chi connectivity index (χ0v) is 15.7. The second-order valence-electron chi connectivity index (χ2n) is 5.57. The van der Waals surface area contributed by atoms with Crippen molar-refractivity contribution in [2.75, 3.05) is 31.1 Å². The Morgan fingerprint density at radius 1 is 1.04 bits per heavy atom. The van der Waals surface area contributed by atoms with Gasteiger partial charge in [-0.2, -0.15) is 4.31 Å². The van der Waals surface area contributed by atoms with Gasteiger partial charge in [-0.1, -0.05) is 29.3 Å². The molecule has 2 aromatic rings. The van der Waals surface area contributed by atoms with E-state index in [1.165, 1.54) is 28.7 Å². The van der Waals surface area contributed by atoms with Crippen molar-refractivity contribution in [2.45, 2.75) is 4.90 Å². The van der Waals surface area contributed by atoms with Crippen LogP contribution >= 0.6 is 23.2 Å². The van der Waals surface area contributed by atoms with Crippen LogP contribution in [0.5, 0.6) is 0 Å². The SMILES string of the molecule is O=[N+]([O-])c1ccc(N2CCN(S(=O)(=O)c3c(Cl)cccc3Cl)CC2)nc1. The molecule has 0 aliphatic carbocycles. The third-order valence-electron chi connectivity index (χ3n) is 4.02. The highest BCUT2D eigenvalue weighted by Gasteiger charge is 2.32. The summed E-state index contributed by atoms with van der Waals surface area (Å²) in [6.45, 7) is 1.24. The molecular weight excluding hydrogens is 403 g/mol. The number of pyridine rings is 1. The number of anilines is 1. The van der Waals surface area contributed by atoms with Gasteiger partial charge in [0.15, 0.2) is 0 Å². The van der Waals surface area contributed by atoms with Crippen LogP contribution in [0.4, 0.5) is 11.5 Å². The standard InChI is InChI=1S/C15H14Cl2N4O4S/c16-12-2-1-3-13(17)15(12)26(24,25)20-8-6-19(7-9-20)14-5-4-11(10-18-14)21(22)23/h1-5,10H,6-9H2. The molecular formula is C15H14Cl2N4O4S. The van der Waals surface area contributed by atoms with Gasteiger partial charge in [0.1, 0.15) is 16.9 Å². The Morgan fingerprint density at radius 2 is 1.65 bits per heavy atom. The maximum Gasteiger partial charge on any atom is 0.287 e. The van der Waals surface area contributed by atoms with Crippen LogP contribution < -0.4 is 4.90 Å². The van der Waals surface area contributed by atoms with Crippen LogP contribution in [-0.2, 0) is 10.0 Å². The predicted molar refractivity (Wildman–Crippen MR) is 98.3 cm³/mol. The number of sulfonamides is 1. The molecule has 8 nitrogen and oxygen atoms in total. The van der Waals surface area contributed by atoms with Gasteiger partial charge >= 0.3 is 0 Å². The van der Waals surface area contributed by atoms with E-state index in [9.17, 15) is 18.5 Å². The van der Waals surface area contributed by atoms with E-state index in [1.54, 1.807) is 12.1 Å². The van der Waals surface area contributed by atoms with Crippen molar-refractivity contribution in [3.05, 3.63) is 56.7 Å². The Hall–Kier alpha value is -1.94. The molecule has 1 saturated heterocycles. The van der Waals surface area contributed by atoms with Gasteiger partial charge in [0.2, 0.25) is 10.0 Å². The molecule has 0 unspecified atom stereocenters. The number of piperazine rings is 1. The van der Waals surface area contributed by atoms with Crippen LogP contribution in [0.3, 0.4) is 0 Å². The second-order valence-corrected chi connectivity index (χ2v) is 8.26. The zero-order chi connectivity index (χ0) is 18.9. The minimum Gasteiger partial charge on any atom is -0.354 e. The summed E-state index contributed by atoms with van der Waals surface area (Å²) < 4.78 is 27.0. The first-order valence-corrected chi connectivity index (χ1v) is 9.80. The van der Waals surface area contributed by atoms with Crippen LogP contribution in [0.2, 0.25) is 10.0 Å². The molecule has 138 valence electrons. The van der Waals surface area contributed by atoms with E-state index < -0.39 is 14.9 Å². The largest absolute Gasteiger partial charge is 0.354 e. The third-order valence-corrected chi connectivity index (χ3v) is 6.88. The van der Waals surface area contributed by atoms with Crippen LogP contribution in [0.1, 0.15) is 0 Å². The van der Waals surface area contributed by atoms with Gasteiger partial charge in [-0.15, -0.1) is 0 Å². The monoisotopic (exact) mass is 416 g/mol. The molecule has 2 heterocycles. The molecule has 1 aliphatic rings. The molecule has 0 amide bonds. The highest BCUT2D eigenvalue weighted by molar-refractivity contribution is 7.89. The van der Waals surface area contributed by atoms with Crippen molar-refractivity contribution in [3.8, 4) is 0 Å². The maximum atomic E-state index is 12.8. The van der Waals surface area contributed by atoms with E-state index in [1.807, 2.05) is 4.90 Å². The Labute approximate surface area is 160 Å².